The Bertz CT molecular complexity index is 3860. The summed E-state index contributed by atoms with van der Waals surface area (Å²) in [7, 11) is 0. The zero-order valence-electron chi connectivity index (χ0n) is 32.8. The first-order valence-corrected chi connectivity index (χ1v) is 21.5. The lowest BCUT2D eigenvalue weighted by Gasteiger charge is -2.18. The Hall–Kier alpha value is -7.86. The third kappa shape index (κ3) is 5.05. The maximum Gasteiger partial charge on any atom is 0.160 e. The lowest BCUT2D eigenvalue weighted by atomic mass is 9.99. The molecule has 5 heteroatoms. The van der Waals surface area contributed by atoms with Crippen molar-refractivity contribution in [2.75, 3.05) is 0 Å². The van der Waals surface area contributed by atoms with Gasteiger partial charge < -0.3 is 9.13 Å². The van der Waals surface area contributed by atoms with Crippen LogP contribution in [-0.2, 0) is 0 Å². The van der Waals surface area contributed by atoms with Crippen LogP contribution >= 0.6 is 11.3 Å². The van der Waals surface area contributed by atoms with E-state index in [0.29, 0.717) is 5.82 Å². The third-order valence-corrected chi connectivity index (χ3v) is 13.5. The maximum absolute atomic E-state index is 5.31. The monoisotopic (exact) mass is 794 g/mol. The summed E-state index contributed by atoms with van der Waals surface area (Å²) in [5.74, 6) is 0.696. The first-order valence-electron chi connectivity index (χ1n) is 20.7. The zero-order valence-corrected chi connectivity index (χ0v) is 33.6. The van der Waals surface area contributed by atoms with E-state index in [9.17, 15) is 0 Å². The smallest absolute Gasteiger partial charge is 0.160 e. The van der Waals surface area contributed by atoms with Gasteiger partial charge in [0.25, 0.3) is 0 Å². The molecule has 61 heavy (non-hydrogen) atoms. The highest BCUT2D eigenvalue weighted by Crippen LogP contribution is 2.52. The average molecular weight is 795 g/mol. The van der Waals surface area contributed by atoms with Crippen molar-refractivity contribution in [1.82, 2.24) is 19.1 Å². The summed E-state index contributed by atoms with van der Waals surface area (Å²) in [6, 6.07) is 74.0. The van der Waals surface area contributed by atoms with E-state index in [2.05, 4.69) is 209 Å². The number of nitrogens with zero attached hydrogens (tertiary/aromatic N) is 4. The molecular weight excluding hydrogens is 761 g/mol. The number of para-hydroxylation sites is 4. The molecule has 0 amide bonds. The van der Waals surface area contributed by atoms with Gasteiger partial charge in [-0.05, 0) is 60.2 Å². The van der Waals surface area contributed by atoms with Gasteiger partial charge in [-0.25, -0.2) is 9.97 Å². The molecule has 0 radical (unpaired) electrons. The second kappa shape index (κ2) is 13.3. The van der Waals surface area contributed by atoms with E-state index in [1.54, 1.807) is 0 Å². The summed E-state index contributed by atoms with van der Waals surface area (Å²) in [6.07, 6.45) is 0. The standard InChI is InChI=1S/C56H34N4S/c1-4-18-35(19-5-1)43-34-37(56-57-44-28-14-10-24-39(44)52(58-56)36-20-6-2-7-21-36)32-33-47(43)60-46-30-16-12-26-41(46)51-54(60)53-49(50-42-27-13-17-31-48(42)61-55(50)51)40-25-11-15-29-45(40)59(53)38-22-8-3-9-23-38/h1-34H. The highest BCUT2D eigenvalue weighted by atomic mass is 32.1. The molecule has 0 N–H and O–H groups in total. The molecule has 4 heterocycles. The van der Waals surface area contributed by atoms with Crippen LogP contribution in [0.15, 0.2) is 206 Å². The van der Waals surface area contributed by atoms with E-state index in [1.165, 1.54) is 58.3 Å². The lowest BCUT2D eigenvalue weighted by Crippen LogP contribution is -2.01. The molecule has 0 aliphatic heterocycles. The zero-order chi connectivity index (χ0) is 40.0. The summed E-state index contributed by atoms with van der Waals surface area (Å²) < 4.78 is 7.64. The topological polar surface area (TPSA) is 35.6 Å². The van der Waals surface area contributed by atoms with E-state index in [4.69, 9.17) is 9.97 Å². The molecular formula is C56H34N4S. The van der Waals surface area contributed by atoms with Crippen molar-refractivity contribution in [3.63, 3.8) is 0 Å². The predicted molar refractivity (Wildman–Crippen MR) is 257 cm³/mol. The minimum atomic E-state index is 0.696. The molecule has 4 aromatic heterocycles. The van der Waals surface area contributed by atoms with Crippen molar-refractivity contribution < 1.29 is 0 Å². The van der Waals surface area contributed by atoms with Crippen molar-refractivity contribution in [1.29, 1.82) is 0 Å². The molecule has 0 atom stereocenters. The van der Waals surface area contributed by atoms with Gasteiger partial charge in [-0.3, -0.25) is 0 Å². The predicted octanol–water partition coefficient (Wildman–Crippen LogP) is 15.2. The molecule has 13 rings (SSSR count). The summed E-state index contributed by atoms with van der Waals surface area (Å²) in [6.45, 7) is 0. The van der Waals surface area contributed by atoms with Gasteiger partial charge in [0, 0.05) is 69.5 Å². The average Bonchev–Trinajstić information content (AvgIpc) is 4.00. The molecule has 284 valence electrons. The van der Waals surface area contributed by atoms with Gasteiger partial charge in [0.1, 0.15) is 0 Å². The number of benzene rings is 9. The van der Waals surface area contributed by atoms with E-state index < -0.39 is 0 Å². The molecule has 4 nitrogen and oxygen atoms in total. The van der Waals surface area contributed by atoms with Gasteiger partial charge in [0.15, 0.2) is 5.82 Å². The fourth-order valence-electron chi connectivity index (χ4n) is 9.72. The second-order valence-corrected chi connectivity index (χ2v) is 16.7. The molecule has 0 saturated carbocycles. The first kappa shape index (κ1) is 34.0. The molecule has 0 unspecified atom stereocenters. The van der Waals surface area contributed by atoms with E-state index >= 15 is 0 Å². The normalized spacial score (nSPS) is 11.9. The highest BCUT2D eigenvalue weighted by molar-refractivity contribution is 7.27. The van der Waals surface area contributed by atoms with Crippen molar-refractivity contribution >= 4 is 86.0 Å². The first-order chi connectivity index (χ1) is 30.3. The summed E-state index contributed by atoms with van der Waals surface area (Å²) in [5, 5.41) is 8.67. The van der Waals surface area contributed by atoms with Gasteiger partial charge in [-0.1, -0.05) is 152 Å². The number of hydrogen-bond acceptors (Lipinski definition) is 3. The summed E-state index contributed by atoms with van der Waals surface area (Å²) in [5.41, 5.74) is 13.1. The van der Waals surface area contributed by atoms with Gasteiger partial charge >= 0.3 is 0 Å². The van der Waals surface area contributed by atoms with Crippen molar-refractivity contribution in [2.24, 2.45) is 0 Å². The van der Waals surface area contributed by atoms with Crippen LogP contribution < -0.4 is 0 Å². The maximum atomic E-state index is 5.31. The Morgan fingerprint density at radius 3 is 1.72 bits per heavy atom. The van der Waals surface area contributed by atoms with Crippen LogP contribution in [0.4, 0.5) is 0 Å². The van der Waals surface area contributed by atoms with Gasteiger partial charge in [0.2, 0.25) is 0 Å². The second-order valence-electron chi connectivity index (χ2n) is 15.7. The number of hydrogen-bond donors (Lipinski definition) is 0. The minimum Gasteiger partial charge on any atom is -0.307 e. The largest absolute Gasteiger partial charge is 0.307 e. The molecule has 0 fully saturated rings. The third-order valence-electron chi connectivity index (χ3n) is 12.3. The van der Waals surface area contributed by atoms with Crippen LogP contribution in [0.2, 0.25) is 0 Å². The Morgan fingerprint density at radius 2 is 0.967 bits per heavy atom. The van der Waals surface area contributed by atoms with Crippen molar-refractivity contribution in [3.05, 3.63) is 206 Å². The molecule has 13 aromatic rings. The molecule has 0 aliphatic carbocycles. The molecule has 0 aliphatic rings. The van der Waals surface area contributed by atoms with E-state index in [0.717, 1.165) is 55.7 Å². The Balaban J connectivity index is 1.20. The minimum absolute atomic E-state index is 0.696. The summed E-state index contributed by atoms with van der Waals surface area (Å²) >= 11 is 1.90. The van der Waals surface area contributed by atoms with Gasteiger partial charge in [-0.15, -0.1) is 11.3 Å². The number of fused-ring (bicyclic) bond motifs is 13. The van der Waals surface area contributed by atoms with E-state index in [-0.39, 0.29) is 0 Å². The fourth-order valence-corrected chi connectivity index (χ4v) is 11.0. The van der Waals surface area contributed by atoms with Crippen LogP contribution in [-0.4, -0.2) is 19.1 Å². The SMILES string of the molecule is c1ccc(-c2cc(-c3nc(-c4ccccc4)c4ccccc4n3)ccc2-n2c3ccccc3c3c4sc5ccccc5c4c4c5ccccc5n(-c5ccccc5)c4c32)cc1. The van der Waals surface area contributed by atoms with Crippen molar-refractivity contribution in [3.8, 4) is 45.1 Å². The quantitative estimate of drug-likeness (QED) is 0.174. The van der Waals surface area contributed by atoms with Crippen LogP contribution in [0.3, 0.4) is 0 Å². The van der Waals surface area contributed by atoms with Gasteiger partial charge in [0.05, 0.1) is 39.0 Å². The molecule has 9 aromatic carbocycles. The Labute approximate surface area is 354 Å². The molecule has 0 bridgehead atoms. The number of aromatic nitrogens is 4. The molecule has 0 saturated heterocycles. The fraction of sp³-hybridized carbons (Fsp3) is 0. The lowest BCUT2D eigenvalue weighted by molar-refractivity contribution is 1.15. The Kier molecular flexibility index (Phi) is 7.44. The van der Waals surface area contributed by atoms with E-state index in [1.807, 2.05) is 17.4 Å². The number of rotatable bonds is 5. The van der Waals surface area contributed by atoms with Gasteiger partial charge in [-0.2, -0.15) is 0 Å². The highest BCUT2D eigenvalue weighted by Gasteiger charge is 2.28. The van der Waals surface area contributed by atoms with Crippen LogP contribution in [0.5, 0.6) is 0 Å². The van der Waals surface area contributed by atoms with Crippen molar-refractivity contribution in [2.45, 2.75) is 0 Å². The van der Waals surface area contributed by atoms with Crippen LogP contribution in [0, 0.1) is 0 Å². The molecule has 0 spiro atoms. The number of thiophene rings is 1. The Morgan fingerprint density at radius 1 is 0.393 bits per heavy atom. The van der Waals surface area contributed by atoms with Crippen LogP contribution in [0.1, 0.15) is 0 Å². The van der Waals surface area contributed by atoms with Crippen LogP contribution in [0.25, 0.3) is 120 Å². The summed E-state index contributed by atoms with van der Waals surface area (Å²) in [4.78, 5) is 10.5.